The van der Waals surface area contributed by atoms with Crippen LogP contribution in [0.5, 0.6) is 5.75 Å². The van der Waals surface area contributed by atoms with Gasteiger partial charge in [0.1, 0.15) is 5.75 Å². The van der Waals surface area contributed by atoms with Gasteiger partial charge in [-0.25, -0.2) is 0 Å². The Kier molecular flexibility index (Phi) is 6.06. The van der Waals surface area contributed by atoms with E-state index in [1.54, 1.807) is 6.92 Å². The SMILES string of the molecule is C#CCNC(=O)C(C)Sc1nnc(COc2cccc(C)c2)o1. The van der Waals surface area contributed by atoms with E-state index in [4.69, 9.17) is 15.6 Å². The number of ether oxygens (including phenoxy) is 1. The molecule has 2 aromatic rings. The van der Waals surface area contributed by atoms with Crippen LogP contribution in [0, 0.1) is 19.3 Å². The standard InChI is InChI=1S/C16H17N3O3S/c1-4-8-17-15(20)12(3)23-16-19-18-14(22-16)10-21-13-7-5-6-11(2)9-13/h1,5-7,9,12H,8,10H2,2-3H3,(H,17,20). The number of terminal acetylenes is 1. The van der Waals surface area contributed by atoms with Gasteiger partial charge in [-0.05, 0) is 31.5 Å². The van der Waals surface area contributed by atoms with Crippen LogP contribution in [-0.2, 0) is 11.4 Å². The minimum Gasteiger partial charge on any atom is -0.484 e. The lowest BCUT2D eigenvalue weighted by Gasteiger charge is -2.07. The fraction of sp³-hybridized carbons (Fsp3) is 0.312. The number of aryl methyl sites for hydroxylation is 1. The van der Waals surface area contributed by atoms with Crippen molar-refractivity contribution in [1.82, 2.24) is 15.5 Å². The quantitative estimate of drug-likeness (QED) is 0.619. The molecule has 0 fully saturated rings. The van der Waals surface area contributed by atoms with Crippen LogP contribution in [0.1, 0.15) is 18.4 Å². The van der Waals surface area contributed by atoms with Gasteiger partial charge < -0.3 is 14.5 Å². The zero-order valence-corrected chi connectivity index (χ0v) is 13.7. The Bertz CT molecular complexity index is 709. The Hall–Kier alpha value is -2.46. The molecule has 0 aliphatic heterocycles. The van der Waals surface area contributed by atoms with Gasteiger partial charge in [-0.2, -0.15) is 0 Å². The Morgan fingerprint density at radius 1 is 1.52 bits per heavy atom. The first-order valence-corrected chi connectivity index (χ1v) is 7.86. The van der Waals surface area contributed by atoms with Crippen LogP contribution >= 0.6 is 11.8 Å². The molecule has 23 heavy (non-hydrogen) atoms. The second kappa shape index (κ2) is 8.25. The molecule has 1 unspecified atom stereocenters. The fourth-order valence-corrected chi connectivity index (χ4v) is 2.41. The molecule has 7 heteroatoms. The van der Waals surface area contributed by atoms with E-state index in [-0.39, 0.29) is 24.3 Å². The molecule has 1 heterocycles. The number of benzene rings is 1. The van der Waals surface area contributed by atoms with Gasteiger partial charge in [-0.1, -0.05) is 29.8 Å². The summed E-state index contributed by atoms with van der Waals surface area (Å²) >= 11 is 1.17. The lowest BCUT2D eigenvalue weighted by Crippen LogP contribution is -2.31. The van der Waals surface area contributed by atoms with Gasteiger partial charge in [0.25, 0.3) is 11.1 Å². The summed E-state index contributed by atoms with van der Waals surface area (Å²) in [4.78, 5) is 11.7. The van der Waals surface area contributed by atoms with E-state index in [0.29, 0.717) is 11.1 Å². The Morgan fingerprint density at radius 3 is 3.09 bits per heavy atom. The first-order valence-electron chi connectivity index (χ1n) is 6.98. The van der Waals surface area contributed by atoms with Crippen molar-refractivity contribution in [3.05, 3.63) is 35.7 Å². The van der Waals surface area contributed by atoms with Crippen LogP contribution in [0.25, 0.3) is 0 Å². The van der Waals surface area contributed by atoms with Crippen molar-refractivity contribution in [3.63, 3.8) is 0 Å². The fourth-order valence-electron chi connectivity index (χ4n) is 1.68. The van der Waals surface area contributed by atoms with Crippen molar-refractivity contribution in [3.8, 4) is 18.1 Å². The minimum atomic E-state index is -0.380. The second-order valence-corrected chi connectivity index (χ2v) is 6.04. The van der Waals surface area contributed by atoms with E-state index < -0.39 is 0 Å². The molecule has 0 radical (unpaired) electrons. The van der Waals surface area contributed by atoms with E-state index in [2.05, 4.69) is 21.4 Å². The highest BCUT2D eigenvalue weighted by Crippen LogP contribution is 2.22. The molecule has 1 N–H and O–H groups in total. The number of rotatable bonds is 7. The summed E-state index contributed by atoms with van der Waals surface area (Å²) in [7, 11) is 0. The maximum absolute atomic E-state index is 11.7. The predicted octanol–water partition coefficient (Wildman–Crippen LogP) is 2.19. The molecular weight excluding hydrogens is 314 g/mol. The smallest absolute Gasteiger partial charge is 0.277 e. The summed E-state index contributed by atoms with van der Waals surface area (Å²) in [5.74, 6) is 3.26. The number of carbonyl (C=O) groups is 1. The molecule has 1 atom stereocenters. The monoisotopic (exact) mass is 331 g/mol. The molecule has 120 valence electrons. The van der Waals surface area contributed by atoms with Gasteiger partial charge in [0.2, 0.25) is 5.91 Å². The van der Waals surface area contributed by atoms with Gasteiger partial charge in [-0.15, -0.1) is 16.6 Å². The van der Waals surface area contributed by atoms with Crippen molar-refractivity contribution in [1.29, 1.82) is 0 Å². The van der Waals surface area contributed by atoms with Gasteiger partial charge in [-0.3, -0.25) is 4.79 Å². The van der Waals surface area contributed by atoms with Gasteiger partial charge in [0, 0.05) is 0 Å². The van der Waals surface area contributed by atoms with Crippen LogP contribution in [0.3, 0.4) is 0 Å². The third-order valence-corrected chi connectivity index (χ3v) is 3.75. The highest BCUT2D eigenvalue weighted by Gasteiger charge is 2.17. The Morgan fingerprint density at radius 2 is 2.35 bits per heavy atom. The molecule has 6 nitrogen and oxygen atoms in total. The summed E-state index contributed by atoms with van der Waals surface area (Å²) < 4.78 is 11.0. The lowest BCUT2D eigenvalue weighted by molar-refractivity contribution is -0.120. The van der Waals surface area contributed by atoms with Gasteiger partial charge >= 0.3 is 0 Å². The highest BCUT2D eigenvalue weighted by molar-refractivity contribution is 8.00. The lowest BCUT2D eigenvalue weighted by atomic mass is 10.2. The van der Waals surface area contributed by atoms with Crippen LogP contribution in [0.4, 0.5) is 0 Å². The number of aromatic nitrogens is 2. The van der Waals surface area contributed by atoms with E-state index in [1.165, 1.54) is 11.8 Å². The maximum atomic E-state index is 11.7. The first kappa shape index (κ1) is 16.9. The van der Waals surface area contributed by atoms with Crippen molar-refractivity contribution in [2.24, 2.45) is 0 Å². The number of nitrogens with one attached hydrogen (secondary N) is 1. The number of carbonyl (C=O) groups excluding carboxylic acids is 1. The summed E-state index contributed by atoms with van der Waals surface area (Å²) in [6.07, 6.45) is 5.10. The van der Waals surface area contributed by atoms with E-state index in [1.807, 2.05) is 31.2 Å². The molecule has 0 aliphatic rings. The Labute approximate surface area is 139 Å². The second-order valence-electron chi connectivity index (χ2n) is 4.75. The highest BCUT2D eigenvalue weighted by atomic mass is 32.2. The van der Waals surface area contributed by atoms with Crippen molar-refractivity contribution in [2.75, 3.05) is 6.54 Å². The number of thioether (sulfide) groups is 1. The first-order chi connectivity index (χ1) is 11.1. The molecule has 0 aliphatic carbocycles. The van der Waals surface area contributed by atoms with Crippen molar-refractivity contribution < 1.29 is 13.9 Å². The molecule has 1 aromatic heterocycles. The van der Waals surface area contributed by atoms with Crippen LogP contribution in [0.15, 0.2) is 33.9 Å². The minimum absolute atomic E-state index is 0.175. The molecule has 0 saturated heterocycles. The van der Waals surface area contributed by atoms with E-state index in [9.17, 15) is 4.79 Å². The number of amides is 1. The summed E-state index contributed by atoms with van der Waals surface area (Å²) in [5.41, 5.74) is 1.11. The predicted molar refractivity (Wildman–Crippen MR) is 87.0 cm³/mol. The van der Waals surface area contributed by atoms with Crippen molar-refractivity contribution >= 4 is 17.7 Å². The normalized spacial score (nSPS) is 11.5. The van der Waals surface area contributed by atoms with Crippen LogP contribution in [0.2, 0.25) is 0 Å². The summed E-state index contributed by atoms with van der Waals surface area (Å²) in [5, 5.41) is 10.3. The Balaban J connectivity index is 1.85. The third-order valence-electron chi connectivity index (χ3n) is 2.81. The zero-order valence-electron chi connectivity index (χ0n) is 12.9. The summed E-state index contributed by atoms with van der Waals surface area (Å²) in [6.45, 7) is 4.10. The molecular formula is C16H17N3O3S. The number of hydrogen-bond acceptors (Lipinski definition) is 6. The molecule has 0 bridgehead atoms. The molecule has 2 rings (SSSR count). The van der Waals surface area contributed by atoms with Crippen molar-refractivity contribution in [2.45, 2.75) is 30.9 Å². The molecule has 0 saturated carbocycles. The molecule has 0 spiro atoms. The molecule has 1 amide bonds. The topological polar surface area (TPSA) is 77.2 Å². The van der Waals surface area contributed by atoms with Gasteiger partial charge in [0.15, 0.2) is 6.61 Å². The maximum Gasteiger partial charge on any atom is 0.277 e. The van der Waals surface area contributed by atoms with Crippen LogP contribution in [-0.4, -0.2) is 27.9 Å². The number of hydrogen-bond donors (Lipinski definition) is 1. The number of nitrogens with zero attached hydrogens (tertiary/aromatic N) is 2. The third kappa shape index (κ3) is 5.34. The largest absolute Gasteiger partial charge is 0.484 e. The average Bonchev–Trinajstić information content (AvgIpc) is 2.98. The van der Waals surface area contributed by atoms with E-state index >= 15 is 0 Å². The molecule has 1 aromatic carbocycles. The van der Waals surface area contributed by atoms with Crippen LogP contribution < -0.4 is 10.1 Å². The van der Waals surface area contributed by atoms with Gasteiger partial charge in [0.05, 0.1) is 11.8 Å². The summed E-state index contributed by atoms with van der Waals surface area (Å²) in [6, 6.07) is 7.68. The zero-order chi connectivity index (χ0) is 16.7. The van der Waals surface area contributed by atoms with E-state index in [0.717, 1.165) is 11.3 Å². The average molecular weight is 331 g/mol.